The number of halogens is 1. The Labute approximate surface area is 145 Å². The van der Waals surface area contributed by atoms with Crippen LogP contribution in [0.15, 0.2) is 4.99 Å². The van der Waals surface area contributed by atoms with Gasteiger partial charge < -0.3 is 15.4 Å². The molecule has 0 aromatic heterocycles. The highest BCUT2D eigenvalue weighted by Crippen LogP contribution is 2.51. The molecule has 2 N–H and O–H groups in total. The van der Waals surface area contributed by atoms with Crippen molar-refractivity contribution >= 4 is 41.7 Å². The van der Waals surface area contributed by atoms with Gasteiger partial charge in [-0.05, 0) is 26.5 Å². The summed E-state index contributed by atoms with van der Waals surface area (Å²) in [6.45, 7) is 10.5. The van der Waals surface area contributed by atoms with Gasteiger partial charge in [-0.1, -0.05) is 13.8 Å². The van der Waals surface area contributed by atoms with E-state index in [1.807, 2.05) is 11.8 Å². The lowest BCUT2D eigenvalue weighted by Gasteiger charge is -2.59. The number of rotatable bonds is 6. The first-order valence-electron chi connectivity index (χ1n) is 7.00. The topological polar surface area (TPSA) is 45.7 Å². The van der Waals surface area contributed by atoms with Gasteiger partial charge in [-0.15, -0.1) is 24.0 Å². The van der Waals surface area contributed by atoms with Gasteiger partial charge in [0.2, 0.25) is 0 Å². The Kier molecular flexibility index (Phi) is 8.81. The second-order valence-electron chi connectivity index (χ2n) is 5.81. The molecule has 0 aromatic rings. The van der Waals surface area contributed by atoms with Gasteiger partial charge in [0.05, 0.1) is 12.1 Å². The molecule has 1 fully saturated rings. The average molecular weight is 415 g/mol. The minimum atomic E-state index is -0.0404. The van der Waals surface area contributed by atoms with Crippen LogP contribution in [0.1, 0.15) is 34.1 Å². The molecule has 0 heterocycles. The lowest BCUT2D eigenvalue weighted by Crippen LogP contribution is -2.69. The summed E-state index contributed by atoms with van der Waals surface area (Å²) >= 11 is 1.82. The number of hydrogen-bond acceptors (Lipinski definition) is 3. The Balaban J connectivity index is 0.00000361. The molecule has 4 nitrogen and oxygen atoms in total. The van der Waals surface area contributed by atoms with Gasteiger partial charge in [0, 0.05) is 30.9 Å². The number of hydrogen-bond donors (Lipinski definition) is 2. The van der Waals surface area contributed by atoms with Crippen molar-refractivity contribution in [3.05, 3.63) is 0 Å². The van der Waals surface area contributed by atoms with E-state index in [-0.39, 0.29) is 35.0 Å². The Morgan fingerprint density at radius 2 is 2.05 bits per heavy atom. The predicted molar refractivity (Wildman–Crippen MR) is 101 cm³/mol. The van der Waals surface area contributed by atoms with Crippen LogP contribution in [0.25, 0.3) is 0 Å². The molecule has 0 spiro atoms. The monoisotopic (exact) mass is 415 g/mol. The van der Waals surface area contributed by atoms with Crippen molar-refractivity contribution in [2.24, 2.45) is 10.4 Å². The van der Waals surface area contributed by atoms with Gasteiger partial charge in [0.1, 0.15) is 0 Å². The van der Waals surface area contributed by atoms with Crippen molar-refractivity contribution in [3.8, 4) is 0 Å². The molecule has 1 rings (SSSR count). The molecule has 2 unspecified atom stereocenters. The maximum absolute atomic E-state index is 5.66. The standard InChI is InChI=1S/C14H29N3OS.HI/c1-7-15-12(16-8-9-19-6)17-11-10-14(4,18-5)13(11,2)3;/h11H,7-10H2,1-6H3,(H2,15,16,17);1H. The first-order chi connectivity index (χ1) is 8.91. The SMILES string of the molecule is CCNC(=NCCSC)NC1CC(C)(OC)C1(C)C.I. The number of nitrogens with one attached hydrogen (secondary N) is 2. The number of methoxy groups -OCH3 is 1. The fourth-order valence-electron chi connectivity index (χ4n) is 2.46. The number of nitrogens with zero attached hydrogens (tertiary/aromatic N) is 1. The Hall–Kier alpha value is 0.310. The Bertz CT molecular complexity index is 326. The molecule has 1 saturated carbocycles. The highest BCUT2D eigenvalue weighted by Gasteiger charge is 2.57. The Morgan fingerprint density at radius 3 is 2.50 bits per heavy atom. The van der Waals surface area contributed by atoms with Crippen molar-refractivity contribution in [2.45, 2.75) is 45.8 Å². The van der Waals surface area contributed by atoms with E-state index in [4.69, 9.17) is 4.74 Å². The lowest BCUT2D eigenvalue weighted by molar-refractivity contribution is -0.176. The Morgan fingerprint density at radius 1 is 1.40 bits per heavy atom. The molecule has 0 radical (unpaired) electrons. The zero-order valence-corrected chi connectivity index (χ0v) is 16.7. The molecular formula is C14H30IN3OS. The molecule has 120 valence electrons. The average Bonchev–Trinajstić information content (AvgIpc) is 2.38. The fourth-order valence-corrected chi connectivity index (χ4v) is 2.73. The lowest BCUT2D eigenvalue weighted by atomic mass is 9.56. The van der Waals surface area contributed by atoms with Crippen molar-refractivity contribution in [1.29, 1.82) is 0 Å². The summed E-state index contributed by atoms with van der Waals surface area (Å²) < 4.78 is 5.66. The molecule has 0 amide bonds. The summed E-state index contributed by atoms with van der Waals surface area (Å²) in [6, 6.07) is 0.407. The minimum absolute atomic E-state index is 0. The van der Waals surface area contributed by atoms with E-state index in [2.05, 4.69) is 49.6 Å². The van der Waals surface area contributed by atoms with Crippen LogP contribution in [0, 0.1) is 5.41 Å². The molecule has 0 saturated heterocycles. The molecule has 1 aliphatic carbocycles. The fraction of sp³-hybridized carbons (Fsp3) is 0.929. The maximum Gasteiger partial charge on any atom is 0.191 e. The smallest absolute Gasteiger partial charge is 0.191 e. The molecule has 6 heteroatoms. The zero-order valence-electron chi connectivity index (χ0n) is 13.6. The minimum Gasteiger partial charge on any atom is -0.378 e. The molecule has 20 heavy (non-hydrogen) atoms. The van der Waals surface area contributed by atoms with Gasteiger partial charge in [0.25, 0.3) is 0 Å². The van der Waals surface area contributed by atoms with Crippen LogP contribution in [0.2, 0.25) is 0 Å². The van der Waals surface area contributed by atoms with Crippen LogP contribution in [0.3, 0.4) is 0 Å². The van der Waals surface area contributed by atoms with Crippen LogP contribution in [0.4, 0.5) is 0 Å². The summed E-state index contributed by atoms with van der Waals surface area (Å²) in [4.78, 5) is 4.60. The molecular weight excluding hydrogens is 385 g/mol. The van der Waals surface area contributed by atoms with E-state index in [1.54, 1.807) is 7.11 Å². The third kappa shape index (κ3) is 4.40. The first kappa shape index (κ1) is 20.3. The van der Waals surface area contributed by atoms with Gasteiger partial charge in [0.15, 0.2) is 5.96 Å². The summed E-state index contributed by atoms with van der Waals surface area (Å²) in [5.74, 6) is 1.98. The second-order valence-corrected chi connectivity index (χ2v) is 6.80. The van der Waals surface area contributed by atoms with Gasteiger partial charge in [-0.2, -0.15) is 11.8 Å². The maximum atomic E-state index is 5.66. The van der Waals surface area contributed by atoms with E-state index in [0.717, 1.165) is 31.2 Å². The summed E-state index contributed by atoms with van der Waals surface area (Å²) in [7, 11) is 1.80. The van der Waals surface area contributed by atoms with Crippen LogP contribution < -0.4 is 10.6 Å². The molecule has 0 bridgehead atoms. The largest absolute Gasteiger partial charge is 0.378 e. The molecule has 2 atom stereocenters. The van der Waals surface area contributed by atoms with E-state index < -0.39 is 0 Å². The normalized spacial score (nSPS) is 28.3. The summed E-state index contributed by atoms with van der Waals surface area (Å²) in [5, 5.41) is 6.86. The number of thioether (sulfide) groups is 1. The highest BCUT2D eigenvalue weighted by molar-refractivity contribution is 14.0. The van der Waals surface area contributed by atoms with E-state index in [0.29, 0.717) is 6.04 Å². The van der Waals surface area contributed by atoms with E-state index in [1.165, 1.54) is 0 Å². The van der Waals surface area contributed by atoms with Crippen LogP contribution in [0.5, 0.6) is 0 Å². The van der Waals surface area contributed by atoms with Crippen LogP contribution >= 0.6 is 35.7 Å². The second kappa shape index (κ2) is 8.68. The van der Waals surface area contributed by atoms with Crippen molar-refractivity contribution < 1.29 is 4.74 Å². The van der Waals surface area contributed by atoms with Crippen molar-refractivity contribution in [1.82, 2.24) is 10.6 Å². The first-order valence-corrected chi connectivity index (χ1v) is 8.39. The van der Waals surface area contributed by atoms with Crippen molar-refractivity contribution in [2.75, 3.05) is 32.2 Å². The highest BCUT2D eigenvalue weighted by atomic mass is 127. The van der Waals surface area contributed by atoms with E-state index >= 15 is 0 Å². The number of ether oxygens (including phenoxy) is 1. The quantitative estimate of drug-likeness (QED) is 0.303. The molecule has 1 aliphatic rings. The summed E-state index contributed by atoms with van der Waals surface area (Å²) in [6.07, 6.45) is 3.12. The van der Waals surface area contributed by atoms with Gasteiger partial charge >= 0.3 is 0 Å². The summed E-state index contributed by atoms with van der Waals surface area (Å²) in [5.41, 5.74) is 0.0682. The zero-order chi connectivity index (χ0) is 14.5. The van der Waals surface area contributed by atoms with Crippen molar-refractivity contribution in [3.63, 3.8) is 0 Å². The predicted octanol–water partition coefficient (Wildman–Crippen LogP) is 2.73. The van der Waals surface area contributed by atoms with Crippen LogP contribution in [-0.2, 0) is 4.74 Å². The van der Waals surface area contributed by atoms with E-state index in [9.17, 15) is 0 Å². The number of guanidine groups is 1. The van der Waals surface area contributed by atoms with Gasteiger partial charge in [-0.3, -0.25) is 4.99 Å². The molecule has 0 aliphatic heterocycles. The third-order valence-electron chi connectivity index (χ3n) is 4.50. The molecule has 0 aromatic carbocycles. The van der Waals surface area contributed by atoms with Crippen LogP contribution in [-0.4, -0.2) is 49.8 Å². The van der Waals surface area contributed by atoms with Gasteiger partial charge in [-0.25, -0.2) is 0 Å². The number of aliphatic imine (C=N–C) groups is 1. The third-order valence-corrected chi connectivity index (χ3v) is 5.09.